The summed E-state index contributed by atoms with van der Waals surface area (Å²) in [7, 11) is 1.41. The minimum atomic E-state index is -4.61. The number of alkyl halides is 3. The maximum Gasteiger partial charge on any atom is 0.418 e. The van der Waals surface area contributed by atoms with Crippen LogP contribution < -0.4 is 5.32 Å². The number of fused-ring (bicyclic) bond motifs is 1. The van der Waals surface area contributed by atoms with Gasteiger partial charge in [-0.1, -0.05) is 30.3 Å². The summed E-state index contributed by atoms with van der Waals surface area (Å²) < 4.78 is 41.4. The van der Waals surface area contributed by atoms with E-state index in [0.717, 1.165) is 28.0 Å². The molecular weight excluding hydrogens is 445 g/mol. The molecule has 0 aliphatic carbocycles. The lowest BCUT2D eigenvalue weighted by Crippen LogP contribution is -2.35. The first-order valence-electron chi connectivity index (χ1n) is 10.4. The first kappa shape index (κ1) is 23.0. The summed E-state index contributed by atoms with van der Waals surface area (Å²) in [5.74, 6) is -0.437. The third-order valence-electron chi connectivity index (χ3n) is 5.32. The van der Waals surface area contributed by atoms with Crippen molar-refractivity contribution >= 4 is 28.5 Å². The number of hydrogen-bond donors (Lipinski definition) is 1. The van der Waals surface area contributed by atoms with E-state index in [9.17, 15) is 22.8 Å². The number of hydrogen-bond acceptors (Lipinski definition) is 3. The third-order valence-corrected chi connectivity index (χ3v) is 5.32. The van der Waals surface area contributed by atoms with E-state index in [1.165, 1.54) is 25.2 Å². The predicted octanol–water partition coefficient (Wildman–Crippen LogP) is 5.06. The van der Waals surface area contributed by atoms with Crippen LogP contribution in [0, 0.1) is 6.92 Å². The van der Waals surface area contributed by atoms with Gasteiger partial charge in [0.1, 0.15) is 5.82 Å². The Morgan fingerprint density at radius 1 is 1.00 bits per heavy atom. The number of aromatic nitrogens is 2. The zero-order chi connectivity index (χ0) is 24.5. The molecule has 1 heterocycles. The molecule has 4 rings (SSSR count). The molecule has 9 heteroatoms. The second-order valence-electron chi connectivity index (χ2n) is 7.79. The van der Waals surface area contributed by atoms with Crippen LogP contribution in [0.1, 0.15) is 21.7 Å². The molecule has 0 fully saturated rings. The van der Waals surface area contributed by atoms with Crippen LogP contribution in [-0.2, 0) is 11.0 Å². The maximum atomic E-state index is 13.2. The van der Waals surface area contributed by atoms with Gasteiger partial charge in [-0.05, 0) is 49.4 Å². The Morgan fingerprint density at radius 3 is 2.38 bits per heavy atom. The Balaban J connectivity index is 1.51. The molecule has 2 amide bonds. The molecule has 4 aromatic rings. The summed E-state index contributed by atoms with van der Waals surface area (Å²) in [6.07, 6.45) is -4.61. The number of para-hydroxylation sites is 2. The minimum absolute atomic E-state index is 0.316. The number of anilines is 1. The summed E-state index contributed by atoms with van der Waals surface area (Å²) in [5.41, 5.74) is 1.38. The SMILES string of the molecule is Cc1nc2cc(C(=O)N(C)CC(=O)Nc3ccccc3C(F)(F)F)ccc2n1-c1ccccc1. The predicted molar refractivity (Wildman–Crippen MR) is 123 cm³/mol. The van der Waals surface area contributed by atoms with Crippen LogP contribution in [-0.4, -0.2) is 39.9 Å². The fourth-order valence-corrected chi connectivity index (χ4v) is 3.77. The van der Waals surface area contributed by atoms with Gasteiger partial charge in [0.15, 0.2) is 0 Å². The molecule has 0 radical (unpaired) electrons. The van der Waals surface area contributed by atoms with Gasteiger partial charge in [0.25, 0.3) is 5.91 Å². The van der Waals surface area contributed by atoms with Crippen molar-refractivity contribution < 1.29 is 22.8 Å². The maximum absolute atomic E-state index is 13.2. The van der Waals surface area contributed by atoms with Gasteiger partial charge in [-0.15, -0.1) is 0 Å². The quantitative estimate of drug-likeness (QED) is 0.447. The molecule has 174 valence electrons. The molecule has 0 spiro atoms. The Labute approximate surface area is 193 Å². The van der Waals surface area contributed by atoms with Crippen molar-refractivity contribution in [3.05, 3.63) is 89.7 Å². The number of rotatable bonds is 5. The van der Waals surface area contributed by atoms with Crippen molar-refractivity contribution in [3.63, 3.8) is 0 Å². The van der Waals surface area contributed by atoms with Gasteiger partial charge >= 0.3 is 6.18 Å². The minimum Gasteiger partial charge on any atom is -0.332 e. The highest BCUT2D eigenvalue weighted by Gasteiger charge is 2.33. The van der Waals surface area contributed by atoms with E-state index < -0.39 is 30.1 Å². The lowest BCUT2D eigenvalue weighted by molar-refractivity contribution is -0.137. The van der Waals surface area contributed by atoms with Crippen molar-refractivity contribution in [2.45, 2.75) is 13.1 Å². The first-order valence-corrected chi connectivity index (χ1v) is 10.4. The fourth-order valence-electron chi connectivity index (χ4n) is 3.77. The number of halogens is 3. The smallest absolute Gasteiger partial charge is 0.332 e. The van der Waals surface area contributed by atoms with Crippen molar-refractivity contribution in [2.24, 2.45) is 0 Å². The van der Waals surface area contributed by atoms with E-state index in [-0.39, 0.29) is 5.69 Å². The van der Waals surface area contributed by atoms with Crippen LogP contribution >= 0.6 is 0 Å². The molecule has 1 N–H and O–H groups in total. The molecule has 3 aromatic carbocycles. The summed E-state index contributed by atoms with van der Waals surface area (Å²) in [4.78, 5) is 31.0. The molecule has 34 heavy (non-hydrogen) atoms. The Hall–Kier alpha value is -4.14. The molecule has 0 atom stereocenters. The standard InChI is InChI=1S/C25H21F3N4O2/c1-16-29-21-14-17(12-13-22(21)32(16)18-8-4-3-5-9-18)24(34)31(2)15-23(33)30-20-11-7-6-10-19(20)25(26,27)28/h3-14H,15H2,1-2H3,(H,30,33). The average molecular weight is 466 g/mol. The van der Waals surface area contributed by atoms with Gasteiger partial charge in [-0.25, -0.2) is 4.98 Å². The van der Waals surface area contributed by atoms with Crippen LogP contribution in [0.25, 0.3) is 16.7 Å². The number of aryl methyl sites for hydroxylation is 1. The van der Waals surface area contributed by atoms with E-state index in [1.54, 1.807) is 18.2 Å². The molecule has 1 aromatic heterocycles. The normalized spacial score (nSPS) is 11.4. The second-order valence-corrected chi connectivity index (χ2v) is 7.79. The molecule has 6 nitrogen and oxygen atoms in total. The van der Waals surface area contributed by atoms with Crippen LogP contribution in [0.4, 0.5) is 18.9 Å². The zero-order valence-corrected chi connectivity index (χ0v) is 18.4. The molecule has 0 aliphatic rings. The summed E-state index contributed by atoms with van der Waals surface area (Å²) in [5, 5.41) is 2.24. The van der Waals surface area contributed by atoms with Crippen molar-refractivity contribution in [3.8, 4) is 5.69 Å². The molecule has 0 unspecified atom stereocenters. The number of amides is 2. The summed E-state index contributed by atoms with van der Waals surface area (Å²) >= 11 is 0. The average Bonchev–Trinajstić information content (AvgIpc) is 3.13. The van der Waals surface area contributed by atoms with Gasteiger partial charge in [-0.3, -0.25) is 14.2 Å². The van der Waals surface area contributed by atoms with Crippen LogP contribution in [0.5, 0.6) is 0 Å². The number of nitrogens with one attached hydrogen (secondary N) is 1. The number of carbonyl (C=O) groups excluding carboxylic acids is 2. The number of benzene rings is 3. The highest BCUT2D eigenvalue weighted by molar-refractivity contribution is 6.01. The van der Waals surface area contributed by atoms with Gasteiger partial charge in [0.2, 0.25) is 5.91 Å². The lowest BCUT2D eigenvalue weighted by atomic mass is 10.1. The van der Waals surface area contributed by atoms with E-state index in [4.69, 9.17) is 0 Å². The van der Waals surface area contributed by atoms with E-state index in [2.05, 4.69) is 10.3 Å². The number of nitrogens with zero attached hydrogens (tertiary/aromatic N) is 3. The van der Waals surface area contributed by atoms with Crippen LogP contribution in [0.15, 0.2) is 72.8 Å². The topological polar surface area (TPSA) is 67.2 Å². The first-order chi connectivity index (χ1) is 16.1. The Bertz CT molecular complexity index is 1360. The summed E-state index contributed by atoms with van der Waals surface area (Å²) in [6.45, 7) is 1.45. The van der Waals surface area contributed by atoms with E-state index in [0.29, 0.717) is 11.1 Å². The Morgan fingerprint density at radius 2 is 1.68 bits per heavy atom. The van der Waals surface area contributed by atoms with Crippen molar-refractivity contribution in [2.75, 3.05) is 18.9 Å². The summed E-state index contributed by atoms with van der Waals surface area (Å²) in [6, 6.07) is 19.4. The number of likely N-dealkylation sites (N-methyl/N-ethyl adjacent to an activating group) is 1. The fraction of sp³-hybridized carbons (Fsp3) is 0.160. The van der Waals surface area contributed by atoms with E-state index in [1.807, 2.05) is 41.8 Å². The molecule has 0 saturated heterocycles. The molecular formula is C25H21F3N4O2. The monoisotopic (exact) mass is 466 g/mol. The van der Waals surface area contributed by atoms with Gasteiger partial charge in [0.05, 0.1) is 28.8 Å². The van der Waals surface area contributed by atoms with Gasteiger partial charge in [-0.2, -0.15) is 13.2 Å². The zero-order valence-electron chi connectivity index (χ0n) is 18.4. The van der Waals surface area contributed by atoms with Crippen LogP contribution in [0.2, 0.25) is 0 Å². The van der Waals surface area contributed by atoms with Crippen LogP contribution in [0.3, 0.4) is 0 Å². The molecule has 0 bridgehead atoms. The van der Waals surface area contributed by atoms with Crippen molar-refractivity contribution in [1.29, 1.82) is 0 Å². The lowest BCUT2D eigenvalue weighted by Gasteiger charge is -2.18. The van der Waals surface area contributed by atoms with Gasteiger partial charge in [0, 0.05) is 18.3 Å². The number of imidazole rings is 1. The number of carbonyl (C=O) groups is 2. The Kier molecular flexibility index (Phi) is 6.10. The third kappa shape index (κ3) is 4.63. The highest BCUT2D eigenvalue weighted by atomic mass is 19.4. The molecule has 0 saturated carbocycles. The largest absolute Gasteiger partial charge is 0.418 e. The van der Waals surface area contributed by atoms with E-state index >= 15 is 0 Å². The second kappa shape index (κ2) is 9.01. The highest BCUT2D eigenvalue weighted by Crippen LogP contribution is 2.34. The molecule has 0 aliphatic heterocycles. The van der Waals surface area contributed by atoms with Gasteiger partial charge < -0.3 is 10.2 Å². The van der Waals surface area contributed by atoms with Crippen molar-refractivity contribution in [1.82, 2.24) is 14.5 Å².